The van der Waals surface area contributed by atoms with Gasteiger partial charge >= 0.3 is 0 Å². The van der Waals surface area contributed by atoms with Crippen LogP contribution < -0.4 is 0 Å². The van der Waals surface area contributed by atoms with Crippen LogP contribution in [0, 0.1) is 48.4 Å². The van der Waals surface area contributed by atoms with Gasteiger partial charge in [-0.2, -0.15) is 0 Å². The summed E-state index contributed by atoms with van der Waals surface area (Å²) in [5, 5.41) is 0. The van der Waals surface area contributed by atoms with Crippen molar-refractivity contribution in [1.82, 2.24) is 4.98 Å². The predicted octanol–water partition coefficient (Wildman–Crippen LogP) is 3.84. The van der Waals surface area contributed by atoms with Gasteiger partial charge in [-0.15, -0.1) is 12.8 Å². The quantitative estimate of drug-likeness (QED) is 0.572. The largest absolute Gasteiger partial charge is 0.231 e. The third-order valence-corrected chi connectivity index (χ3v) is 3.56. The topological polar surface area (TPSA) is 12.9 Å². The van der Waals surface area contributed by atoms with E-state index in [1.807, 2.05) is 66.7 Å². The minimum absolute atomic E-state index is 0.633. The molecule has 0 aliphatic rings. The van der Waals surface area contributed by atoms with Crippen molar-refractivity contribution in [2.24, 2.45) is 0 Å². The number of terminal acetylenes is 2. The van der Waals surface area contributed by atoms with Gasteiger partial charge in [-0.25, -0.2) is 4.98 Å². The van der Waals surface area contributed by atoms with E-state index in [0.29, 0.717) is 11.4 Å². The fourth-order valence-corrected chi connectivity index (χ4v) is 2.27. The molecular weight excluding hydrogens is 314 g/mol. The molecule has 1 heteroatoms. The van der Waals surface area contributed by atoms with Crippen LogP contribution in [0.25, 0.3) is 0 Å². The number of benzene rings is 2. The highest BCUT2D eigenvalue weighted by Crippen LogP contribution is 2.07. The van der Waals surface area contributed by atoms with Crippen molar-refractivity contribution in [3.63, 3.8) is 0 Å². The molecule has 0 unspecified atom stereocenters. The highest BCUT2D eigenvalue weighted by atomic mass is 14.7. The molecule has 3 rings (SSSR count). The first-order chi connectivity index (χ1) is 12.8. The van der Waals surface area contributed by atoms with Crippen LogP contribution in [0.5, 0.6) is 0 Å². The lowest BCUT2D eigenvalue weighted by Crippen LogP contribution is -1.88. The Balaban J connectivity index is 1.90. The van der Waals surface area contributed by atoms with E-state index >= 15 is 0 Å². The zero-order valence-corrected chi connectivity index (χ0v) is 14.0. The Morgan fingerprint density at radius 1 is 0.500 bits per heavy atom. The first kappa shape index (κ1) is 16.7. The van der Waals surface area contributed by atoms with Gasteiger partial charge in [-0.05, 0) is 48.2 Å². The minimum atomic E-state index is 0.633. The number of rotatable bonds is 0. The molecule has 1 aromatic heterocycles. The molecule has 2 aromatic carbocycles. The molecule has 1 nitrogen and oxygen atoms in total. The van der Waals surface area contributed by atoms with Gasteiger partial charge in [0.05, 0.1) is 0 Å². The standard InChI is InChI=1S/C25H13N/c1-3-20-10-5-7-12-22(20)16-18-24-14-9-15-25(26-24)19-17-23-13-8-6-11-21(23)4-2/h1-2,5-15H. The molecule has 0 fully saturated rings. The highest BCUT2D eigenvalue weighted by molar-refractivity contribution is 5.53. The zero-order valence-electron chi connectivity index (χ0n) is 14.0. The molecule has 0 N–H and O–H groups in total. The number of nitrogens with zero attached hydrogens (tertiary/aromatic N) is 1. The lowest BCUT2D eigenvalue weighted by Gasteiger charge is -1.96. The van der Waals surface area contributed by atoms with Crippen LogP contribution in [0.3, 0.4) is 0 Å². The fourth-order valence-electron chi connectivity index (χ4n) is 2.27. The molecule has 118 valence electrons. The van der Waals surface area contributed by atoms with E-state index in [-0.39, 0.29) is 0 Å². The van der Waals surface area contributed by atoms with Gasteiger partial charge in [0.25, 0.3) is 0 Å². The predicted molar refractivity (Wildman–Crippen MR) is 105 cm³/mol. The summed E-state index contributed by atoms with van der Waals surface area (Å²) in [6.07, 6.45) is 11.0. The number of aromatic nitrogens is 1. The SMILES string of the molecule is C#Cc1ccccc1C#Cc1cccc(C#Cc2ccccc2C#C)n1. The van der Waals surface area contributed by atoms with E-state index < -0.39 is 0 Å². The summed E-state index contributed by atoms with van der Waals surface area (Å²) in [5.74, 6) is 17.5. The number of hydrogen-bond acceptors (Lipinski definition) is 1. The van der Waals surface area contributed by atoms with Crippen molar-refractivity contribution in [3.8, 4) is 48.4 Å². The number of pyridine rings is 1. The maximum absolute atomic E-state index is 5.50. The second-order valence-corrected chi connectivity index (χ2v) is 5.29. The Hall–Kier alpha value is -4.17. The molecular formula is C25H13N. The Morgan fingerprint density at radius 2 is 0.923 bits per heavy atom. The van der Waals surface area contributed by atoms with Crippen LogP contribution in [0.1, 0.15) is 33.6 Å². The summed E-state index contributed by atoms with van der Waals surface area (Å²) in [4.78, 5) is 4.46. The van der Waals surface area contributed by atoms with E-state index in [1.165, 1.54) is 0 Å². The summed E-state index contributed by atoms with van der Waals surface area (Å²) in [7, 11) is 0. The molecule has 0 radical (unpaired) electrons. The van der Waals surface area contributed by atoms with Crippen molar-refractivity contribution >= 4 is 0 Å². The average molecular weight is 327 g/mol. The molecule has 26 heavy (non-hydrogen) atoms. The molecule has 0 bridgehead atoms. The third kappa shape index (κ3) is 4.02. The monoisotopic (exact) mass is 327 g/mol. The molecule has 3 aromatic rings. The van der Waals surface area contributed by atoms with Gasteiger partial charge in [-0.3, -0.25) is 0 Å². The van der Waals surface area contributed by atoms with Crippen LogP contribution in [0.2, 0.25) is 0 Å². The maximum Gasteiger partial charge on any atom is 0.115 e. The Bertz CT molecular complexity index is 1070. The van der Waals surface area contributed by atoms with E-state index in [0.717, 1.165) is 22.3 Å². The number of hydrogen-bond donors (Lipinski definition) is 0. The van der Waals surface area contributed by atoms with Gasteiger partial charge in [0.15, 0.2) is 0 Å². The minimum Gasteiger partial charge on any atom is -0.231 e. The van der Waals surface area contributed by atoms with E-state index in [4.69, 9.17) is 12.8 Å². The van der Waals surface area contributed by atoms with Gasteiger partial charge in [0.2, 0.25) is 0 Å². The first-order valence-electron chi connectivity index (χ1n) is 7.92. The molecule has 0 aliphatic carbocycles. The van der Waals surface area contributed by atoms with Crippen LogP contribution in [-0.2, 0) is 0 Å². The lowest BCUT2D eigenvalue weighted by atomic mass is 10.1. The van der Waals surface area contributed by atoms with Crippen LogP contribution in [0.4, 0.5) is 0 Å². The first-order valence-corrected chi connectivity index (χ1v) is 7.92. The van der Waals surface area contributed by atoms with Crippen LogP contribution in [0.15, 0.2) is 66.7 Å². The lowest BCUT2D eigenvalue weighted by molar-refractivity contribution is 1.25. The van der Waals surface area contributed by atoms with Crippen LogP contribution >= 0.6 is 0 Å². The molecule has 0 saturated heterocycles. The molecule has 0 amide bonds. The molecule has 1 heterocycles. The smallest absolute Gasteiger partial charge is 0.115 e. The summed E-state index contributed by atoms with van der Waals surface area (Å²) < 4.78 is 0. The molecule has 0 saturated carbocycles. The normalized spacial score (nSPS) is 8.85. The second kappa shape index (κ2) is 8.08. The molecule has 0 aliphatic heterocycles. The zero-order chi connectivity index (χ0) is 18.2. The Labute approximate surface area is 154 Å². The van der Waals surface area contributed by atoms with Crippen molar-refractivity contribution in [3.05, 3.63) is 100 Å². The summed E-state index contributed by atoms with van der Waals surface area (Å²) in [5.41, 5.74) is 4.40. The van der Waals surface area contributed by atoms with E-state index in [2.05, 4.69) is 40.5 Å². The van der Waals surface area contributed by atoms with Gasteiger partial charge < -0.3 is 0 Å². The van der Waals surface area contributed by atoms with Gasteiger partial charge in [-0.1, -0.05) is 54.0 Å². The summed E-state index contributed by atoms with van der Waals surface area (Å²) in [6.45, 7) is 0. The highest BCUT2D eigenvalue weighted by Gasteiger charge is 1.97. The van der Waals surface area contributed by atoms with Gasteiger partial charge in [0.1, 0.15) is 11.4 Å². The Morgan fingerprint density at radius 3 is 1.35 bits per heavy atom. The Kier molecular flexibility index (Phi) is 5.19. The van der Waals surface area contributed by atoms with Crippen molar-refractivity contribution < 1.29 is 0 Å². The maximum atomic E-state index is 5.50. The molecule has 0 spiro atoms. The molecule has 0 atom stereocenters. The van der Waals surface area contributed by atoms with Crippen molar-refractivity contribution in [2.45, 2.75) is 0 Å². The fraction of sp³-hybridized carbons (Fsp3) is 0. The summed E-state index contributed by atoms with van der Waals surface area (Å²) in [6, 6.07) is 20.7. The van der Waals surface area contributed by atoms with E-state index in [9.17, 15) is 0 Å². The second-order valence-electron chi connectivity index (χ2n) is 5.29. The van der Waals surface area contributed by atoms with Crippen molar-refractivity contribution in [1.29, 1.82) is 0 Å². The summed E-state index contributed by atoms with van der Waals surface area (Å²) >= 11 is 0. The average Bonchev–Trinajstić information content (AvgIpc) is 2.71. The van der Waals surface area contributed by atoms with Crippen LogP contribution in [-0.4, -0.2) is 4.98 Å². The third-order valence-electron chi connectivity index (χ3n) is 3.56. The van der Waals surface area contributed by atoms with Gasteiger partial charge in [0, 0.05) is 22.3 Å². The van der Waals surface area contributed by atoms with Crippen molar-refractivity contribution in [2.75, 3.05) is 0 Å². The van der Waals surface area contributed by atoms with E-state index in [1.54, 1.807) is 0 Å².